The number of nitrogens with one attached hydrogen (secondary N) is 2. The van der Waals surface area contributed by atoms with E-state index in [1.165, 1.54) is 6.21 Å². The minimum atomic E-state index is -0.644. The minimum absolute atomic E-state index is 0.254. The molecule has 8 heteroatoms. The second-order valence-electron chi connectivity index (χ2n) is 5.60. The van der Waals surface area contributed by atoms with Gasteiger partial charge in [-0.3, -0.25) is 4.79 Å². The van der Waals surface area contributed by atoms with Gasteiger partial charge in [0, 0.05) is 21.5 Å². The van der Waals surface area contributed by atoms with Crippen molar-refractivity contribution in [2.24, 2.45) is 5.10 Å². The maximum absolute atomic E-state index is 12.7. The molecule has 0 bridgehead atoms. The maximum Gasteiger partial charge on any atom is 0.350 e. The normalized spacial score (nSPS) is 11.6. The van der Waals surface area contributed by atoms with Crippen molar-refractivity contribution < 1.29 is 4.74 Å². The van der Waals surface area contributed by atoms with Crippen LogP contribution in [-0.4, -0.2) is 28.0 Å². The van der Waals surface area contributed by atoms with Gasteiger partial charge in [-0.2, -0.15) is 5.10 Å². The van der Waals surface area contributed by atoms with Crippen LogP contribution in [0.5, 0.6) is 5.75 Å². The molecule has 26 heavy (non-hydrogen) atoms. The summed E-state index contributed by atoms with van der Waals surface area (Å²) in [6.07, 6.45) is 1.37. The van der Waals surface area contributed by atoms with Crippen LogP contribution in [0, 0.1) is 0 Å². The van der Waals surface area contributed by atoms with Crippen molar-refractivity contribution in [3.05, 3.63) is 73.9 Å². The molecule has 0 atom stereocenters. The van der Waals surface area contributed by atoms with Gasteiger partial charge in [-0.1, -0.05) is 29.8 Å². The highest BCUT2D eigenvalue weighted by molar-refractivity contribution is 6.33. The summed E-state index contributed by atoms with van der Waals surface area (Å²) in [4.78, 5) is 30.8. The summed E-state index contributed by atoms with van der Waals surface area (Å²) < 4.78 is 5.96. The molecule has 0 unspecified atom stereocenters. The Hall–Kier alpha value is -3.32. The molecule has 0 fully saturated rings. The first kappa shape index (κ1) is 16.2. The minimum Gasteiger partial charge on any atom is -0.497 e. The lowest BCUT2D eigenvalue weighted by Crippen LogP contribution is -2.32. The number of rotatable bonds is 3. The first-order valence-electron chi connectivity index (χ1n) is 7.72. The Kier molecular flexibility index (Phi) is 3.85. The highest BCUT2D eigenvalue weighted by Crippen LogP contribution is 2.25. The molecule has 0 aliphatic rings. The quantitative estimate of drug-likeness (QED) is 0.544. The number of hydrogen-bond donors (Lipinski definition) is 2. The van der Waals surface area contributed by atoms with E-state index in [1.807, 2.05) is 0 Å². The smallest absolute Gasteiger partial charge is 0.350 e. The number of ether oxygens (including phenoxy) is 1. The van der Waals surface area contributed by atoms with Crippen LogP contribution >= 0.6 is 11.6 Å². The monoisotopic (exact) mass is 368 g/mol. The summed E-state index contributed by atoms with van der Waals surface area (Å²) in [5.41, 5.74) is 0.780. The van der Waals surface area contributed by atoms with E-state index in [4.69, 9.17) is 16.3 Å². The topological polar surface area (TPSA) is 92.2 Å². The molecule has 4 rings (SSSR count). The maximum atomic E-state index is 12.7. The molecule has 130 valence electrons. The number of fused-ring (bicyclic) bond motifs is 3. The zero-order valence-electron chi connectivity index (χ0n) is 13.6. The van der Waals surface area contributed by atoms with E-state index in [1.54, 1.807) is 49.6 Å². The molecule has 0 aliphatic carbocycles. The van der Waals surface area contributed by atoms with Crippen molar-refractivity contribution in [1.82, 2.24) is 14.6 Å². The highest BCUT2D eigenvalue weighted by atomic mass is 35.5. The fourth-order valence-electron chi connectivity index (χ4n) is 2.75. The van der Waals surface area contributed by atoms with Gasteiger partial charge in [-0.05, 0) is 24.3 Å². The molecule has 2 aromatic carbocycles. The molecule has 0 saturated carbocycles. The van der Waals surface area contributed by atoms with Crippen LogP contribution in [0.1, 0.15) is 5.56 Å². The van der Waals surface area contributed by atoms with Gasteiger partial charge in [-0.15, -0.1) is 4.68 Å². The first-order chi connectivity index (χ1) is 12.6. The molecule has 0 spiro atoms. The largest absolute Gasteiger partial charge is 0.497 e. The number of hydrogen-bond acceptors (Lipinski definition) is 4. The Bertz CT molecular complexity index is 1280. The van der Waals surface area contributed by atoms with E-state index in [2.05, 4.69) is 15.1 Å². The summed E-state index contributed by atoms with van der Waals surface area (Å²) in [5, 5.41) is 5.16. The van der Waals surface area contributed by atoms with E-state index in [0.29, 0.717) is 32.8 Å². The second-order valence-corrected chi connectivity index (χ2v) is 6.01. The van der Waals surface area contributed by atoms with Crippen LogP contribution in [0.3, 0.4) is 0 Å². The van der Waals surface area contributed by atoms with Crippen LogP contribution < -0.4 is 16.0 Å². The van der Waals surface area contributed by atoms with Gasteiger partial charge in [0.1, 0.15) is 11.3 Å². The van der Waals surface area contributed by atoms with Crippen molar-refractivity contribution in [2.75, 3.05) is 7.11 Å². The fourth-order valence-corrected chi connectivity index (χ4v) is 2.94. The number of methoxy groups -OCH3 is 1. The summed E-state index contributed by atoms with van der Waals surface area (Å²) in [6, 6.07) is 12.3. The lowest BCUT2D eigenvalue weighted by Gasteiger charge is -2.00. The molecule has 0 amide bonds. The predicted octanol–water partition coefficient (Wildman–Crippen LogP) is 2.72. The molecule has 2 N–H and O–H groups in total. The van der Waals surface area contributed by atoms with Gasteiger partial charge in [0.05, 0.1) is 18.8 Å². The average molecular weight is 369 g/mol. The Balaban J connectivity index is 1.92. The molecule has 0 radical (unpaired) electrons. The van der Waals surface area contributed by atoms with E-state index in [-0.39, 0.29) is 5.52 Å². The number of aromatic nitrogens is 3. The van der Waals surface area contributed by atoms with Gasteiger partial charge >= 0.3 is 11.2 Å². The number of nitrogens with zero attached hydrogens (tertiary/aromatic N) is 2. The molecule has 0 aliphatic heterocycles. The third-order valence-electron chi connectivity index (χ3n) is 4.05. The number of aromatic amines is 2. The van der Waals surface area contributed by atoms with Gasteiger partial charge in [-0.25, -0.2) is 4.79 Å². The van der Waals surface area contributed by atoms with E-state index >= 15 is 0 Å². The van der Waals surface area contributed by atoms with Crippen LogP contribution in [-0.2, 0) is 0 Å². The highest BCUT2D eigenvalue weighted by Gasteiger charge is 2.13. The number of halogens is 1. The molecule has 7 nitrogen and oxygen atoms in total. The molecule has 4 aromatic rings. The van der Waals surface area contributed by atoms with E-state index in [0.717, 1.165) is 4.68 Å². The van der Waals surface area contributed by atoms with E-state index < -0.39 is 11.2 Å². The Morgan fingerprint density at radius 3 is 2.69 bits per heavy atom. The van der Waals surface area contributed by atoms with Crippen molar-refractivity contribution >= 4 is 39.8 Å². The summed E-state index contributed by atoms with van der Waals surface area (Å²) in [5.74, 6) is 0.625. The summed E-state index contributed by atoms with van der Waals surface area (Å²) >= 11 is 6.06. The molecule has 2 aromatic heterocycles. The van der Waals surface area contributed by atoms with Gasteiger partial charge in [0.25, 0.3) is 0 Å². The van der Waals surface area contributed by atoms with Gasteiger partial charge in [0.15, 0.2) is 0 Å². The number of benzene rings is 2. The molecular weight excluding hydrogens is 356 g/mol. The van der Waals surface area contributed by atoms with Crippen molar-refractivity contribution in [1.29, 1.82) is 0 Å². The second kappa shape index (κ2) is 6.20. The van der Waals surface area contributed by atoms with Crippen molar-refractivity contribution in [3.63, 3.8) is 0 Å². The zero-order chi connectivity index (χ0) is 18.3. The van der Waals surface area contributed by atoms with Crippen LogP contribution in [0.2, 0.25) is 5.02 Å². The van der Waals surface area contributed by atoms with Crippen molar-refractivity contribution in [2.45, 2.75) is 0 Å². The third-order valence-corrected chi connectivity index (χ3v) is 4.40. The van der Waals surface area contributed by atoms with Gasteiger partial charge < -0.3 is 14.7 Å². The predicted molar refractivity (Wildman–Crippen MR) is 102 cm³/mol. The van der Waals surface area contributed by atoms with Crippen LogP contribution in [0.4, 0.5) is 0 Å². The average Bonchev–Trinajstić information content (AvgIpc) is 3.01. The van der Waals surface area contributed by atoms with Crippen molar-refractivity contribution in [3.8, 4) is 5.75 Å². The lowest BCUT2D eigenvalue weighted by molar-refractivity contribution is 0.415. The van der Waals surface area contributed by atoms with Gasteiger partial charge in [0.2, 0.25) is 0 Å². The Morgan fingerprint density at radius 2 is 1.92 bits per heavy atom. The van der Waals surface area contributed by atoms with Crippen LogP contribution in [0.25, 0.3) is 21.9 Å². The SMILES string of the molecule is COc1ccc2[nH]c3c(=O)n(N=Cc4ccccc4Cl)c(=O)[nH]c3c2c1. The third kappa shape index (κ3) is 2.58. The lowest BCUT2D eigenvalue weighted by atomic mass is 10.2. The Labute approximate surface area is 151 Å². The molecule has 2 heterocycles. The number of H-pyrrole nitrogens is 2. The molecular formula is C18H13ClN4O3. The fraction of sp³-hybridized carbons (Fsp3) is 0.0556. The van der Waals surface area contributed by atoms with Crippen LogP contribution in [0.15, 0.2) is 57.2 Å². The van der Waals surface area contributed by atoms with E-state index in [9.17, 15) is 9.59 Å². The molecule has 0 saturated heterocycles. The standard InChI is InChI=1S/C18H13ClN4O3/c1-26-11-6-7-14-12(8-11)15-16(21-14)17(24)23(18(25)22-15)20-9-10-4-2-3-5-13(10)19/h2-9,21H,1H3,(H,22,25). The first-order valence-corrected chi connectivity index (χ1v) is 8.10. The summed E-state index contributed by atoms with van der Waals surface area (Å²) in [6.45, 7) is 0. The Morgan fingerprint density at radius 1 is 1.12 bits per heavy atom. The summed E-state index contributed by atoms with van der Waals surface area (Å²) in [7, 11) is 1.55. The zero-order valence-corrected chi connectivity index (χ0v) is 14.4.